The monoisotopic (exact) mass is 638 g/mol. The van der Waals surface area contributed by atoms with E-state index >= 15 is 0 Å². The molecular weight excluding hydrogens is 615 g/mol. The number of hydrogen-bond donors (Lipinski definition) is 2. The lowest BCUT2D eigenvalue weighted by atomic mass is 10.0. The van der Waals surface area contributed by atoms with E-state index in [0.717, 1.165) is 62.6 Å². The number of benzene rings is 3. The van der Waals surface area contributed by atoms with Gasteiger partial charge in [-0.25, -0.2) is 4.98 Å². The van der Waals surface area contributed by atoms with Gasteiger partial charge in [0.15, 0.2) is 0 Å². The number of fused-ring (bicyclic) bond motifs is 4. The van der Waals surface area contributed by atoms with E-state index in [4.69, 9.17) is 4.98 Å². The summed E-state index contributed by atoms with van der Waals surface area (Å²) < 4.78 is 1.88. The fourth-order valence-electron chi connectivity index (χ4n) is 5.25. The topological polar surface area (TPSA) is 61.0 Å². The predicted octanol–water partition coefficient (Wildman–Crippen LogP) is 6.67. The molecule has 1 aliphatic rings. The number of likely N-dealkylation sites (tertiary alicyclic amines) is 1. The molecule has 5 aromatic rings. The number of pyridine rings is 2. The molecule has 1 saturated heterocycles. The highest BCUT2D eigenvalue weighted by atomic mass is 127. The Morgan fingerprint density at radius 3 is 2.86 bits per heavy atom. The van der Waals surface area contributed by atoms with Crippen LogP contribution in [0.5, 0.6) is 0 Å². The van der Waals surface area contributed by atoms with Crippen LogP contribution in [0.3, 0.4) is 0 Å². The number of H-pyrrole nitrogens is 1. The van der Waals surface area contributed by atoms with Gasteiger partial charge in [-0.1, -0.05) is 58.4 Å². The molecule has 0 bridgehead atoms. The molecule has 3 heterocycles. The van der Waals surface area contributed by atoms with Gasteiger partial charge in [-0.3, -0.25) is 9.69 Å². The van der Waals surface area contributed by atoms with Gasteiger partial charge < -0.3 is 10.3 Å². The van der Waals surface area contributed by atoms with Gasteiger partial charge in [-0.05, 0) is 76.5 Å². The van der Waals surface area contributed by atoms with Gasteiger partial charge in [0.2, 0.25) is 0 Å². The predicted molar refractivity (Wildman–Crippen MR) is 156 cm³/mol. The molecule has 7 heteroatoms. The van der Waals surface area contributed by atoms with Crippen LogP contribution in [0.4, 0.5) is 5.82 Å². The second kappa shape index (κ2) is 9.52. The lowest BCUT2D eigenvalue weighted by Crippen LogP contribution is -2.41. The maximum atomic E-state index is 12.7. The number of anilines is 1. The summed E-state index contributed by atoms with van der Waals surface area (Å²) in [5.74, 6) is 0.848. The first-order valence-electron chi connectivity index (χ1n) is 11.8. The molecule has 3 aromatic carbocycles. The van der Waals surface area contributed by atoms with Crippen molar-refractivity contribution < 1.29 is 0 Å². The standard InChI is InChI=1S/C28H24BrIN4O/c29-19-10-11-22-23(13-19)25-26(24(30)14-31-28(25)35)33-27(22)32-20-8-4-12-34(16-20)15-18-7-3-6-17-5-1-2-9-21(17)18/h1-3,5-7,9-11,13-14,20H,4,8,12,15-16H2,(H,31,35)(H,32,33)/t20-/m0/s1. The van der Waals surface area contributed by atoms with Crippen molar-refractivity contribution in [1.82, 2.24) is 14.9 Å². The van der Waals surface area contributed by atoms with Crippen molar-refractivity contribution in [3.8, 4) is 0 Å². The third-order valence-electron chi connectivity index (χ3n) is 6.87. The largest absolute Gasteiger partial charge is 0.366 e. The Hall–Kier alpha value is -2.49. The summed E-state index contributed by atoms with van der Waals surface area (Å²) in [6, 6.07) is 21.6. The fourth-order valence-corrected chi connectivity index (χ4v) is 6.16. The molecule has 176 valence electrons. The zero-order valence-corrected chi connectivity index (χ0v) is 22.8. The Labute approximate surface area is 225 Å². The van der Waals surface area contributed by atoms with Crippen LogP contribution >= 0.6 is 38.5 Å². The number of rotatable bonds is 4. The minimum absolute atomic E-state index is 0.110. The Bertz CT molecular complexity index is 1630. The van der Waals surface area contributed by atoms with Gasteiger partial charge in [0.25, 0.3) is 5.56 Å². The molecule has 2 aromatic heterocycles. The molecule has 0 spiro atoms. The average molecular weight is 639 g/mol. The normalized spacial score (nSPS) is 16.8. The van der Waals surface area contributed by atoms with Gasteiger partial charge in [0, 0.05) is 40.6 Å². The highest BCUT2D eigenvalue weighted by molar-refractivity contribution is 14.1. The molecular formula is C28H24BrIN4O. The number of hydrogen-bond acceptors (Lipinski definition) is 4. The van der Waals surface area contributed by atoms with Gasteiger partial charge in [-0.2, -0.15) is 0 Å². The highest BCUT2D eigenvalue weighted by Crippen LogP contribution is 2.32. The number of aromatic nitrogens is 2. The van der Waals surface area contributed by atoms with Crippen LogP contribution < -0.4 is 10.9 Å². The van der Waals surface area contributed by atoms with E-state index in [9.17, 15) is 4.79 Å². The van der Waals surface area contributed by atoms with Crippen LogP contribution in [0.2, 0.25) is 0 Å². The third-order valence-corrected chi connectivity index (χ3v) is 8.19. The Kier molecular flexibility index (Phi) is 6.24. The van der Waals surface area contributed by atoms with E-state index in [1.165, 1.54) is 16.3 Å². The summed E-state index contributed by atoms with van der Waals surface area (Å²) in [6.07, 6.45) is 3.96. The van der Waals surface area contributed by atoms with Crippen molar-refractivity contribution >= 4 is 76.8 Å². The van der Waals surface area contributed by atoms with Crippen LogP contribution in [0.15, 0.2) is 76.1 Å². The van der Waals surface area contributed by atoms with Crippen molar-refractivity contribution in [2.75, 3.05) is 18.4 Å². The molecule has 1 aliphatic heterocycles. The van der Waals surface area contributed by atoms with Crippen LogP contribution in [0, 0.1) is 3.57 Å². The Morgan fingerprint density at radius 2 is 1.94 bits per heavy atom. The average Bonchev–Trinajstić information content (AvgIpc) is 2.86. The quantitative estimate of drug-likeness (QED) is 0.170. The Morgan fingerprint density at radius 1 is 1.09 bits per heavy atom. The molecule has 0 radical (unpaired) electrons. The minimum atomic E-state index is -0.110. The molecule has 35 heavy (non-hydrogen) atoms. The first-order valence-corrected chi connectivity index (χ1v) is 13.7. The van der Waals surface area contributed by atoms with Gasteiger partial charge in [0.1, 0.15) is 5.82 Å². The van der Waals surface area contributed by atoms with E-state index in [-0.39, 0.29) is 11.6 Å². The molecule has 0 amide bonds. The number of nitrogens with zero attached hydrogens (tertiary/aromatic N) is 2. The minimum Gasteiger partial charge on any atom is -0.366 e. The zero-order valence-electron chi connectivity index (χ0n) is 19.0. The molecule has 0 unspecified atom stereocenters. The van der Waals surface area contributed by atoms with E-state index in [1.54, 1.807) is 6.20 Å². The maximum absolute atomic E-state index is 12.7. The van der Waals surface area contributed by atoms with Crippen LogP contribution in [0.1, 0.15) is 18.4 Å². The lowest BCUT2D eigenvalue weighted by molar-refractivity contribution is 0.209. The van der Waals surface area contributed by atoms with Crippen molar-refractivity contribution in [2.24, 2.45) is 0 Å². The molecule has 0 saturated carbocycles. The number of nitrogens with one attached hydrogen (secondary N) is 2. The van der Waals surface area contributed by atoms with Crippen molar-refractivity contribution in [2.45, 2.75) is 25.4 Å². The first-order chi connectivity index (χ1) is 17.1. The van der Waals surface area contributed by atoms with Crippen molar-refractivity contribution in [3.63, 3.8) is 0 Å². The second-order valence-corrected chi connectivity index (χ2v) is 11.3. The smallest absolute Gasteiger partial charge is 0.258 e. The van der Waals surface area contributed by atoms with E-state index in [1.807, 2.05) is 18.2 Å². The molecule has 5 nitrogen and oxygen atoms in total. The van der Waals surface area contributed by atoms with E-state index in [2.05, 4.69) is 96.2 Å². The molecule has 6 rings (SSSR count). The summed E-state index contributed by atoms with van der Waals surface area (Å²) in [6.45, 7) is 2.98. The van der Waals surface area contributed by atoms with Gasteiger partial charge in [-0.15, -0.1) is 0 Å². The number of halogens is 2. The van der Waals surface area contributed by atoms with Crippen LogP contribution in [-0.2, 0) is 6.54 Å². The third kappa shape index (κ3) is 4.45. The van der Waals surface area contributed by atoms with Crippen LogP contribution in [-0.4, -0.2) is 34.0 Å². The second-order valence-electron chi connectivity index (χ2n) is 9.20. The number of piperidine rings is 1. The fraction of sp³-hybridized carbons (Fsp3) is 0.214. The molecule has 2 N–H and O–H groups in total. The summed E-state index contributed by atoms with van der Waals surface area (Å²) in [5.41, 5.74) is 2.00. The summed E-state index contributed by atoms with van der Waals surface area (Å²) in [4.78, 5) is 23.1. The summed E-state index contributed by atoms with van der Waals surface area (Å²) >= 11 is 5.82. The van der Waals surface area contributed by atoms with Crippen molar-refractivity contribution in [3.05, 3.63) is 90.8 Å². The molecule has 1 fully saturated rings. The summed E-state index contributed by atoms with van der Waals surface area (Å²) in [5, 5.41) is 8.90. The van der Waals surface area contributed by atoms with Crippen molar-refractivity contribution in [1.29, 1.82) is 0 Å². The molecule has 1 atom stereocenters. The van der Waals surface area contributed by atoms with E-state index in [0.29, 0.717) is 5.39 Å². The lowest BCUT2D eigenvalue weighted by Gasteiger charge is -2.34. The van der Waals surface area contributed by atoms with Gasteiger partial charge in [0.05, 0.1) is 14.5 Å². The SMILES string of the molecule is O=c1[nH]cc(I)c2nc(N[C@H]3CCCN(Cc4cccc5ccccc45)C3)c3ccc(Br)cc3c12. The first kappa shape index (κ1) is 22.9. The highest BCUT2D eigenvalue weighted by Gasteiger charge is 2.22. The Balaban J connectivity index is 1.32. The van der Waals surface area contributed by atoms with Crippen LogP contribution in [0.25, 0.3) is 32.4 Å². The van der Waals surface area contributed by atoms with Gasteiger partial charge >= 0.3 is 0 Å². The molecule has 0 aliphatic carbocycles. The summed E-state index contributed by atoms with van der Waals surface area (Å²) in [7, 11) is 0. The number of aromatic amines is 1. The zero-order chi connectivity index (χ0) is 23.9. The van der Waals surface area contributed by atoms with E-state index < -0.39 is 0 Å². The maximum Gasteiger partial charge on any atom is 0.258 e.